The minimum absolute atomic E-state index is 0.0460. The van der Waals surface area contributed by atoms with Crippen LogP contribution in [0.15, 0.2) is 18.5 Å². The van der Waals surface area contributed by atoms with Crippen LogP contribution in [0.1, 0.15) is 10.5 Å². The Morgan fingerprint density at radius 2 is 2.36 bits per heavy atom. The molecule has 0 saturated carbocycles. The van der Waals surface area contributed by atoms with E-state index < -0.39 is 11.8 Å². The van der Waals surface area contributed by atoms with Gasteiger partial charge in [-0.3, -0.25) is 4.40 Å². The zero-order chi connectivity index (χ0) is 10.3. The normalized spacial score (nSPS) is 10.7. The number of hydrogen-bond acceptors (Lipinski definition) is 2. The predicted molar refractivity (Wildman–Crippen MR) is 54.8 cm³/mol. The van der Waals surface area contributed by atoms with E-state index in [1.807, 2.05) is 22.6 Å². The first-order chi connectivity index (χ1) is 6.59. The predicted octanol–water partition coefficient (Wildman–Crippen LogP) is 1.78. The Bertz CT molecular complexity index is 523. The Labute approximate surface area is 91.5 Å². The highest BCUT2D eigenvalue weighted by atomic mass is 127. The van der Waals surface area contributed by atoms with Gasteiger partial charge in [-0.05, 0) is 28.7 Å². The third-order valence-corrected chi connectivity index (χ3v) is 2.60. The summed E-state index contributed by atoms with van der Waals surface area (Å²) in [7, 11) is 0. The van der Waals surface area contributed by atoms with Gasteiger partial charge in [0.05, 0.1) is 9.77 Å². The number of imidazole rings is 1. The van der Waals surface area contributed by atoms with Crippen molar-refractivity contribution in [1.82, 2.24) is 9.38 Å². The van der Waals surface area contributed by atoms with Crippen molar-refractivity contribution in [1.29, 1.82) is 0 Å². The fourth-order valence-corrected chi connectivity index (χ4v) is 1.55. The molecule has 0 unspecified atom stereocenters. The van der Waals surface area contributed by atoms with E-state index in [1.54, 1.807) is 0 Å². The van der Waals surface area contributed by atoms with Crippen LogP contribution in [0.4, 0.5) is 4.39 Å². The lowest BCUT2D eigenvalue weighted by Gasteiger charge is -1.98. The second-order valence-electron chi connectivity index (χ2n) is 2.65. The van der Waals surface area contributed by atoms with Crippen LogP contribution in [0.25, 0.3) is 5.65 Å². The molecule has 0 aliphatic rings. The Morgan fingerprint density at radius 1 is 1.64 bits per heavy atom. The number of fused-ring (bicyclic) bond motifs is 1. The molecule has 14 heavy (non-hydrogen) atoms. The van der Waals surface area contributed by atoms with Crippen molar-refractivity contribution in [2.24, 2.45) is 0 Å². The maximum atomic E-state index is 13.1. The molecule has 2 heterocycles. The van der Waals surface area contributed by atoms with Crippen LogP contribution in [-0.4, -0.2) is 20.5 Å². The van der Waals surface area contributed by atoms with Crippen molar-refractivity contribution in [3.63, 3.8) is 0 Å². The van der Waals surface area contributed by atoms with Gasteiger partial charge in [0, 0.05) is 6.20 Å². The minimum atomic E-state index is -1.13. The van der Waals surface area contributed by atoms with Gasteiger partial charge in [0.25, 0.3) is 0 Å². The lowest BCUT2D eigenvalue weighted by Crippen LogP contribution is -2.02. The van der Waals surface area contributed by atoms with Crippen LogP contribution in [0.2, 0.25) is 0 Å². The quantitative estimate of drug-likeness (QED) is 0.817. The van der Waals surface area contributed by atoms with Crippen LogP contribution in [0.5, 0.6) is 0 Å². The van der Waals surface area contributed by atoms with Crippen molar-refractivity contribution in [3.8, 4) is 0 Å². The molecule has 1 N–H and O–H groups in total. The van der Waals surface area contributed by atoms with Gasteiger partial charge >= 0.3 is 5.97 Å². The molecule has 0 fully saturated rings. The Hall–Kier alpha value is -1.18. The minimum Gasteiger partial charge on any atom is -0.477 e. The van der Waals surface area contributed by atoms with E-state index in [2.05, 4.69) is 4.98 Å². The fourth-order valence-electron chi connectivity index (χ4n) is 1.13. The highest BCUT2D eigenvalue weighted by Crippen LogP contribution is 2.15. The Kier molecular flexibility index (Phi) is 2.14. The van der Waals surface area contributed by atoms with Crippen molar-refractivity contribution in [3.05, 3.63) is 33.5 Å². The molecular formula is C8H4FIN2O2. The topological polar surface area (TPSA) is 54.6 Å². The molecule has 0 saturated heterocycles. The van der Waals surface area contributed by atoms with Crippen molar-refractivity contribution < 1.29 is 14.3 Å². The number of halogens is 2. The first-order valence-corrected chi connectivity index (χ1v) is 4.73. The summed E-state index contributed by atoms with van der Waals surface area (Å²) in [5.41, 5.74) is 0.378. The standard InChI is InChI=1S/C8H4FIN2O2/c9-4-3-12-6(8(13)14)2-11-7(12)1-5(4)10/h1-3H,(H,13,14). The molecule has 0 aromatic carbocycles. The van der Waals surface area contributed by atoms with Crippen LogP contribution in [0, 0.1) is 9.39 Å². The van der Waals surface area contributed by atoms with E-state index in [4.69, 9.17) is 5.11 Å². The maximum Gasteiger partial charge on any atom is 0.354 e. The van der Waals surface area contributed by atoms with E-state index in [0.29, 0.717) is 9.22 Å². The molecular weight excluding hydrogens is 302 g/mol. The van der Waals surface area contributed by atoms with Crippen LogP contribution in [0.3, 0.4) is 0 Å². The second kappa shape index (κ2) is 3.19. The molecule has 2 aromatic rings. The number of aromatic carboxylic acids is 1. The summed E-state index contributed by atoms with van der Waals surface area (Å²) in [6, 6.07) is 1.49. The zero-order valence-corrected chi connectivity index (χ0v) is 8.90. The lowest BCUT2D eigenvalue weighted by molar-refractivity contribution is 0.0689. The largest absolute Gasteiger partial charge is 0.477 e. The van der Waals surface area contributed by atoms with Gasteiger partial charge < -0.3 is 5.11 Å². The molecule has 0 amide bonds. The fraction of sp³-hybridized carbons (Fsp3) is 0. The third-order valence-electron chi connectivity index (χ3n) is 1.77. The maximum absolute atomic E-state index is 13.1. The number of pyridine rings is 1. The summed E-state index contributed by atoms with van der Waals surface area (Å²) < 4.78 is 14.7. The van der Waals surface area contributed by atoms with Gasteiger partial charge in [-0.25, -0.2) is 14.2 Å². The average molecular weight is 306 g/mol. The number of carboxylic acids is 1. The first-order valence-electron chi connectivity index (χ1n) is 3.65. The number of hydrogen-bond donors (Lipinski definition) is 1. The van der Waals surface area contributed by atoms with E-state index in [9.17, 15) is 9.18 Å². The molecule has 0 atom stereocenters. The Balaban J connectivity index is 2.80. The average Bonchev–Trinajstić information content (AvgIpc) is 2.48. The number of carbonyl (C=O) groups is 1. The summed E-state index contributed by atoms with van der Waals surface area (Å²) in [5, 5.41) is 8.75. The Morgan fingerprint density at radius 3 is 3.00 bits per heavy atom. The summed E-state index contributed by atoms with van der Waals surface area (Å²) >= 11 is 1.82. The van der Waals surface area contributed by atoms with E-state index in [0.717, 1.165) is 6.20 Å². The highest BCUT2D eigenvalue weighted by Gasteiger charge is 2.12. The highest BCUT2D eigenvalue weighted by molar-refractivity contribution is 14.1. The van der Waals surface area contributed by atoms with Crippen molar-refractivity contribution in [2.75, 3.05) is 0 Å². The monoisotopic (exact) mass is 306 g/mol. The molecule has 0 spiro atoms. The molecule has 72 valence electrons. The first kappa shape index (κ1) is 9.38. The molecule has 6 heteroatoms. The summed E-state index contributed by atoms with van der Waals surface area (Å²) in [6.45, 7) is 0. The molecule has 2 aromatic heterocycles. The molecule has 0 aliphatic carbocycles. The van der Waals surface area contributed by atoms with E-state index >= 15 is 0 Å². The van der Waals surface area contributed by atoms with Crippen LogP contribution in [-0.2, 0) is 0 Å². The molecule has 0 radical (unpaired) electrons. The molecule has 2 rings (SSSR count). The second-order valence-corrected chi connectivity index (χ2v) is 3.81. The number of aromatic nitrogens is 2. The van der Waals surface area contributed by atoms with Crippen molar-refractivity contribution >= 4 is 34.2 Å². The molecule has 0 aliphatic heterocycles. The summed E-state index contributed by atoms with van der Waals surface area (Å²) in [5.74, 6) is -1.59. The van der Waals surface area contributed by atoms with Gasteiger partial charge in [-0.15, -0.1) is 0 Å². The zero-order valence-electron chi connectivity index (χ0n) is 6.74. The third kappa shape index (κ3) is 1.35. The van der Waals surface area contributed by atoms with Gasteiger partial charge in [-0.2, -0.15) is 0 Å². The summed E-state index contributed by atoms with van der Waals surface area (Å²) in [4.78, 5) is 14.5. The number of carboxylic acid groups (broad SMARTS) is 1. The van der Waals surface area contributed by atoms with E-state index in [1.165, 1.54) is 16.7 Å². The van der Waals surface area contributed by atoms with Gasteiger partial charge in [-0.1, -0.05) is 0 Å². The molecule has 4 nitrogen and oxygen atoms in total. The van der Waals surface area contributed by atoms with Gasteiger partial charge in [0.15, 0.2) is 11.5 Å². The SMILES string of the molecule is O=C(O)c1cnc2cc(I)c(F)cn12. The van der Waals surface area contributed by atoms with Crippen LogP contribution >= 0.6 is 22.6 Å². The lowest BCUT2D eigenvalue weighted by atomic mass is 10.4. The van der Waals surface area contributed by atoms with Gasteiger partial charge in [0.1, 0.15) is 5.65 Å². The number of nitrogens with zero attached hydrogens (tertiary/aromatic N) is 2. The van der Waals surface area contributed by atoms with Crippen LogP contribution < -0.4 is 0 Å². The summed E-state index contributed by atoms with van der Waals surface area (Å²) in [6.07, 6.45) is 2.32. The smallest absolute Gasteiger partial charge is 0.354 e. The van der Waals surface area contributed by atoms with Crippen molar-refractivity contribution in [2.45, 2.75) is 0 Å². The van der Waals surface area contributed by atoms with E-state index in [-0.39, 0.29) is 5.69 Å². The number of rotatable bonds is 1. The molecule has 0 bridgehead atoms. The van der Waals surface area contributed by atoms with Gasteiger partial charge in [0.2, 0.25) is 0 Å².